The highest BCUT2D eigenvalue weighted by molar-refractivity contribution is 6.35. The topological polar surface area (TPSA) is 12.0 Å². The minimum absolute atomic E-state index is 0.594. The molecule has 0 saturated carbocycles. The second-order valence-corrected chi connectivity index (χ2v) is 5.16. The minimum atomic E-state index is 0.594. The van der Waals surface area contributed by atoms with Gasteiger partial charge in [-0.1, -0.05) is 49.5 Å². The molecule has 1 nitrogen and oxygen atoms in total. The standard InChI is InChI=1S/C14H21Cl2N/c1-3-5-13(17-4-2)9-7-11-6-8-12(15)10-14(11)16/h6,8,10,13,17H,3-5,7,9H2,1-2H3. The molecule has 17 heavy (non-hydrogen) atoms. The number of nitrogens with one attached hydrogen (secondary N) is 1. The van der Waals surface area contributed by atoms with Gasteiger partial charge in [0.05, 0.1) is 0 Å². The van der Waals surface area contributed by atoms with Crippen molar-refractivity contribution in [3.63, 3.8) is 0 Å². The third-order valence-corrected chi connectivity index (χ3v) is 3.49. The monoisotopic (exact) mass is 273 g/mol. The Bertz CT molecular complexity index is 333. The summed E-state index contributed by atoms with van der Waals surface area (Å²) in [5, 5.41) is 5.00. The van der Waals surface area contributed by atoms with Gasteiger partial charge in [0.25, 0.3) is 0 Å². The second kappa shape index (κ2) is 7.97. The number of halogens is 2. The van der Waals surface area contributed by atoms with Crippen molar-refractivity contribution in [2.24, 2.45) is 0 Å². The van der Waals surface area contributed by atoms with Gasteiger partial charge in [-0.25, -0.2) is 0 Å². The molecule has 0 fully saturated rings. The first-order chi connectivity index (χ1) is 8.17. The summed E-state index contributed by atoms with van der Waals surface area (Å²) in [6.45, 7) is 5.40. The second-order valence-electron chi connectivity index (χ2n) is 4.32. The van der Waals surface area contributed by atoms with Gasteiger partial charge < -0.3 is 5.32 Å². The average molecular weight is 274 g/mol. The zero-order valence-electron chi connectivity index (χ0n) is 10.6. The van der Waals surface area contributed by atoms with Crippen LogP contribution in [-0.4, -0.2) is 12.6 Å². The summed E-state index contributed by atoms with van der Waals surface area (Å²) in [6, 6.07) is 6.35. The summed E-state index contributed by atoms with van der Waals surface area (Å²) in [5.74, 6) is 0. The van der Waals surface area contributed by atoms with Crippen LogP contribution in [0.4, 0.5) is 0 Å². The molecule has 3 heteroatoms. The molecule has 0 heterocycles. The Balaban J connectivity index is 2.52. The third-order valence-electron chi connectivity index (χ3n) is 2.91. The highest BCUT2D eigenvalue weighted by Crippen LogP contribution is 2.22. The normalized spacial score (nSPS) is 12.7. The highest BCUT2D eigenvalue weighted by atomic mass is 35.5. The Hall–Kier alpha value is -0.240. The lowest BCUT2D eigenvalue weighted by molar-refractivity contribution is 0.460. The quantitative estimate of drug-likeness (QED) is 0.759. The molecule has 1 aromatic rings. The van der Waals surface area contributed by atoms with E-state index in [1.807, 2.05) is 18.2 Å². The zero-order chi connectivity index (χ0) is 12.7. The SMILES string of the molecule is CCCC(CCc1ccc(Cl)cc1Cl)NCC. The molecule has 1 rings (SSSR count). The molecular weight excluding hydrogens is 253 g/mol. The van der Waals surface area contributed by atoms with Crippen LogP contribution in [0.3, 0.4) is 0 Å². The van der Waals surface area contributed by atoms with Crippen LogP contribution in [0.25, 0.3) is 0 Å². The fourth-order valence-corrected chi connectivity index (χ4v) is 2.54. The van der Waals surface area contributed by atoms with Crippen LogP contribution >= 0.6 is 23.2 Å². The number of benzene rings is 1. The van der Waals surface area contributed by atoms with Crippen molar-refractivity contribution in [2.45, 2.75) is 45.6 Å². The van der Waals surface area contributed by atoms with Crippen LogP contribution in [0.5, 0.6) is 0 Å². The van der Waals surface area contributed by atoms with E-state index in [0.717, 1.165) is 24.4 Å². The lowest BCUT2D eigenvalue weighted by atomic mass is 10.0. The van der Waals surface area contributed by atoms with Gasteiger partial charge in [-0.3, -0.25) is 0 Å². The summed E-state index contributed by atoms with van der Waals surface area (Å²) < 4.78 is 0. The molecule has 96 valence electrons. The Morgan fingerprint density at radius 3 is 2.53 bits per heavy atom. The van der Waals surface area contributed by atoms with E-state index in [-0.39, 0.29) is 0 Å². The van der Waals surface area contributed by atoms with Crippen LogP contribution in [0.15, 0.2) is 18.2 Å². The molecule has 0 aliphatic carbocycles. The van der Waals surface area contributed by atoms with Crippen molar-refractivity contribution in [2.75, 3.05) is 6.54 Å². The van der Waals surface area contributed by atoms with E-state index < -0.39 is 0 Å². The predicted molar refractivity (Wildman–Crippen MR) is 77.2 cm³/mol. The molecule has 1 N–H and O–H groups in total. The molecule has 1 atom stereocenters. The van der Waals surface area contributed by atoms with Gasteiger partial charge in [-0.05, 0) is 43.5 Å². The van der Waals surface area contributed by atoms with Crippen LogP contribution in [0.2, 0.25) is 10.0 Å². The molecule has 0 aliphatic rings. The summed E-state index contributed by atoms with van der Waals surface area (Å²) in [7, 11) is 0. The fourth-order valence-electron chi connectivity index (χ4n) is 2.04. The molecule has 0 radical (unpaired) electrons. The van der Waals surface area contributed by atoms with Crippen LogP contribution in [-0.2, 0) is 6.42 Å². The van der Waals surface area contributed by atoms with Crippen molar-refractivity contribution in [1.29, 1.82) is 0 Å². The average Bonchev–Trinajstić information content (AvgIpc) is 2.28. The first-order valence-electron chi connectivity index (χ1n) is 6.34. The minimum Gasteiger partial charge on any atom is -0.314 e. The van der Waals surface area contributed by atoms with Gasteiger partial charge >= 0.3 is 0 Å². The first-order valence-corrected chi connectivity index (χ1v) is 7.10. The van der Waals surface area contributed by atoms with Crippen molar-refractivity contribution < 1.29 is 0 Å². The van der Waals surface area contributed by atoms with E-state index in [0.29, 0.717) is 11.1 Å². The van der Waals surface area contributed by atoms with Gasteiger partial charge in [0.2, 0.25) is 0 Å². The molecule has 1 unspecified atom stereocenters. The van der Waals surface area contributed by atoms with Crippen molar-refractivity contribution >= 4 is 23.2 Å². The van der Waals surface area contributed by atoms with E-state index >= 15 is 0 Å². The molecule has 0 aliphatic heterocycles. The van der Waals surface area contributed by atoms with Crippen LogP contribution in [0.1, 0.15) is 38.7 Å². The van der Waals surface area contributed by atoms with Gasteiger partial charge in [0.1, 0.15) is 0 Å². The van der Waals surface area contributed by atoms with E-state index in [1.54, 1.807) is 0 Å². The molecule has 0 spiro atoms. The lowest BCUT2D eigenvalue weighted by Gasteiger charge is -2.17. The van der Waals surface area contributed by atoms with Gasteiger partial charge in [-0.2, -0.15) is 0 Å². The Kier molecular flexibility index (Phi) is 6.94. The molecule has 0 saturated heterocycles. The molecule has 0 amide bonds. The van der Waals surface area contributed by atoms with E-state index in [9.17, 15) is 0 Å². The van der Waals surface area contributed by atoms with Gasteiger partial charge in [0.15, 0.2) is 0 Å². The Morgan fingerprint density at radius 2 is 1.94 bits per heavy atom. The number of aryl methyl sites for hydroxylation is 1. The summed E-state index contributed by atoms with van der Waals surface area (Å²) in [6.07, 6.45) is 4.57. The fraction of sp³-hybridized carbons (Fsp3) is 0.571. The Morgan fingerprint density at radius 1 is 1.18 bits per heavy atom. The number of hydrogen-bond donors (Lipinski definition) is 1. The Labute approximate surface area is 115 Å². The maximum atomic E-state index is 6.16. The van der Waals surface area contributed by atoms with Crippen molar-refractivity contribution in [3.8, 4) is 0 Å². The summed E-state index contributed by atoms with van der Waals surface area (Å²) in [5.41, 5.74) is 1.19. The van der Waals surface area contributed by atoms with Gasteiger partial charge in [-0.15, -0.1) is 0 Å². The van der Waals surface area contributed by atoms with Crippen LogP contribution in [0, 0.1) is 0 Å². The van der Waals surface area contributed by atoms with E-state index in [4.69, 9.17) is 23.2 Å². The van der Waals surface area contributed by atoms with E-state index in [2.05, 4.69) is 19.2 Å². The maximum Gasteiger partial charge on any atom is 0.0452 e. The van der Waals surface area contributed by atoms with Crippen molar-refractivity contribution in [1.82, 2.24) is 5.32 Å². The molecular formula is C14H21Cl2N. The largest absolute Gasteiger partial charge is 0.314 e. The lowest BCUT2D eigenvalue weighted by Crippen LogP contribution is -2.29. The zero-order valence-corrected chi connectivity index (χ0v) is 12.1. The summed E-state index contributed by atoms with van der Waals surface area (Å²) >= 11 is 12.0. The highest BCUT2D eigenvalue weighted by Gasteiger charge is 2.08. The predicted octanol–water partition coefficient (Wildman–Crippen LogP) is 4.70. The number of rotatable bonds is 7. The van der Waals surface area contributed by atoms with E-state index in [1.165, 1.54) is 18.4 Å². The smallest absolute Gasteiger partial charge is 0.0452 e. The third kappa shape index (κ3) is 5.29. The van der Waals surface area contributed by atoms with Crippen molar-refractivity contribution in [3.05, 3.63) is 33.8 Å². The first kappa shape index (κ1) is 14.8. The number of hydrogen-bond acceptors (Lipinski definition) is 1. The maximum absolute atomic E-state index is 6.16. The molecule has 1 aromatic carbocycles. The van der Waals surface area contributed by atoms with Crippen LogP contribution < -0.4 is 5.32 Å². The summed E-state index contributed by atoms with van der Waals surface area (Å²) in [4.78, 5) is 0. The molecule has 0 bridgehead atoms. The van der Waals surface area contributed by atoms with Gasteiger partial charge in [0, 0.05) is 16.1 Å². The molecule has 0 aromatic heterocycles.